The van der Waals surface area contributed by atoms with Crippen molar-refractivity contribution in [1.29, 1.82) is 5.26 Å². The molecule has 0 aliphatic heterocycles. The number of nitrogens with one attached hydrogen (secondary N) is 1. The van der Waals surface area contributed by atoms with Gasteiger partial charge >= 0.3 is 0 Å². The molecule has 98 valence electrons. The zero-order chi connectivity index (χ0) is 13.5. The SMILES string of the molecule is Cc1nc(CCNC(CC#N)c2ccccc2)cs1. The molecule has 1 N–H and O–H groups in total. The number of nitriles is 1. The maximum atomic E-state index is 8.92. The highest BCUT2D eigenvalue weighted by atomic mass is 32.1. The predicted octanol–water partition coefficient (Wildman–Crippen LogP) is 3.24. The Labute approximate surface area is 117 Å². The summed E-state index contributed by atoms with van der Waals surface area (Å²) in [5.74, 6) is 0. The second kappa shape index (κ2) is 7.03. The fraction of sp³-hybridized carbons (Fsp3) is 0.333. The second-order valence-corrected chi connectivity index (χ2v) is 5.45. The van der Waals surface area contributed by atoms with Gasteiger partial charge in [-0.15, -0.1) is 11.3 Å². The van der Waals surface area contributed by atoms with E-state index in [1.807, 2.05) is 25.1 Å². The number of hydrogen-bond acceptors (Lipinski definition) is 4. The molecular formula is C15H17N3S. The fourth-order valence-electron chi connectivity index (χ4n) is 1.98. The van der Waals surface area contributed by atoms with Crippen molar-refractivity contribution in [2.75, 3.05) is 6.54 Å². The van der Waals surface area contributed by atoms with E-state index in [-0.39, 0.29) is 6.04 Å². The van der Waals surface area contributed by atoms with Gasteiger partial charge in [0.1, 0.15) is 0 Å². The van der Waals surface area contributed by atoms with Crippen LogP contribution in [0.3, 0.4) is 0 Å². The Morgan fingerprint density at radius 3 is 2.79 bits per heavy atom. The third-order valence-corrected chi connectivity index (χ3v) is 3.76. The van der Waals surface area contributed by atoms with Crippen LogP contribution in [0, 0.1) is 18.3 Å². The molecule has 0 aliphatic carbocycles. The summed E-state index contributed by atoms with van der Waals surface area (Å²) in [5.41, 5.74) is 2.29. The zero-order valence-corrected chi connectivity index (χ0v) is 11.8. The molecule has 1 atom stereocenters. The molecule has 4 heteroatoms. The van der Waals surface area contributed by atoms with Crippen LogP contribution in [0.4, 0.5) is 0 Å². The van der Waals surface area contributed by atoms with Crippen molar-refractivity contribution in [3.05, 3.63) is 52.0 Å². The average molecular weight is 271 g/mol. The van der Waals surface area contributed by atoms with Gasteiger partial charge in [0.15, 0.2) is 0 Å². The molecule has 0 bridgehead atoms. The summed E-state index contributed by atoms with van der Waals surface area (Å²) >= 11 is 1.68. The summed E-state index contributed by atoms with van der Waals surface area (Å²) in [4.78, 5) is 4.44. The summed E-state index contributed by atoms with van der Waals surface area (Å²) in [7, 11) is 0. The highest BCUT2D eigenvalue weighted by Gasteiger charge is 2.10. The molecule has 0 spiro atoms. The lowest BCUT2D eigenvalue weighted by atomic mass is 10.0. The normalized spacial score (nSPS) is 12.0. The number of nitrogens with zero attached hydrogens (tertiary/aromatic N) is 2. The van der Waals surface area contributed by atoms with Crippen molar-refractivity contribution in [2.24, 2.45) is 0 Å². The van der Waals surface area contributed by atoms with Gasteiger partial charge in [-0.3, -0.25) is 0 Å². The monoisotopic (exact) mass is 271 g/mol. The topological polar surface area (TPSA) is 48.7 Å². The minimum atomic E-state index is 0.103. The van der Waals surface area contributed by atoms with Crippen LogP contribution >= 0.6 is 11.3 Å². The molecule has 0 radical (unpaired) electrons. The fourth-order valence-corrected chi connectivity index (χ4v) is 2.63. The van der Waals surface area contributed by atoms with E-state index in [0.717, 1.165) is 23.7 Å². The molecule has 3 nitrogen and oxygen atoms in total. The molecule has 0 saturated heterocycles. The zero-order valence-electron chi connectivity index (χ0n) is 11.0. The minimum absolute atomic E-state index is 0.103. The predicted molar refractivity (Wildman–Crippen MR) is 78.0 cm³/mol. The van der Waals surface area contributed by atoms with E-state index in [1.165, 1.54) is 5.56 Å². The molecular weight excluding hydrogens is 254 g/mol. The Bertz CT molecular complexity index is 542. The van der Waals surface area contributed by atoms with E-state index >= 15 is 0 Å². The Morgan fingerprint density at radius 2 is 2.16 bits per heavy atom. The standard InChI is InChI=1S/C15H17N3S/c1-12-18-14(11-19-12)8-10-17-15(7-9-16)13-5-3-2-4-6-13/h2-6,11,15,17H,7-8,10H2,1H3. The van der Waals surface area contributed by atoms with E-state index in [1.54, 1.807) is 11.3 Å². The van der Waals surface area contributed by atoms with Gasteiger partial charge in [-0.05, 0) is 12.5 Å². The van der Waals surface area contributed by atoms with Gasteiger partial charge < -0.3 is 5.32 Å². The smallest absolute Gasteiger partial charge is 0.0897 e. The summed E-state index contributed by atoms with van der Waals surface area (Å²) in [6.07, 6.45) is 1.39. The highest BCUT2D eigenvalue weighted by Crippen LogP contribution is 2.16. The summed E-state index contributed by atoms with van der Waals surface area (Å²) < 4.78 is 0. The Balaban J connectivity index is 1.89. The van der Waals surface area contributed by atoms with Crippen molar-refractivity contribution < 1.29 is 0 Å². The Hall–Kier alpha value is -1.70. The van der Waals surface area contributed by atoms with Gasteiger partial charge in [0.05, 0.1) is 23.2 Å². The van der Waals surface area contributed by atoms with Crippen LogP contribution in [-0.2, 0) is 6.42 Å². The van der Waals surface area contributed by atoms with Gasteiger partial charge in [0.25, 0.3) is 0 Å². The lowest BCUT2D eigenvalue weighted by Crippen LogP contribution is -2.23. The van der Waals surface area contributed by atoms with E-state index < -0.39 is 0 Å². The maximum absolute atomic E-state index is 8.92. The first-order valence-corrected chi connectivity index (χ1v) is 7.24. The minimum Gasteiger partial charge on any atom is -0.309 e. The van der Waals surface area contributed by atoms with Crippen LogP contribution in [0.15, 0.2) is 35.7 Å². The van der Waals surface area contributed by atoms with E-state index in [2.05, 4.69) is 33.9 Å². The quantitative estimate of drug-likeness (QED) is 0.877. The van der Waals surface area contributed by atoms with Crippen LogP contribution in [-0.4, -0.2) is 11.5 Å². The van der Waals surface area contributed by atoms with Crippen molar-refractivity contribution in [3.63, 3.8) is 0 Å². The molecule has 1 aromatic heterocycles. The molecule has 0 aliphatic rings. The molecule has 1 aromatic carbocycles. The van der Waals surface area contributed by atoms with Crippen molar-refractivity contribution in [3.8, 4) is 6.07 Å². The molecule has 0 saturated carbocycles. The summed E-state index contributed by atoms with van der Waals surface area (Å²) in [6.45, 7) is 2.86. The third kappa shape index (κ3) is 4.16. The number of aryl methyl sites for hydroxylation is 1. The van der Waals surface area contributed by atoms with Crippen molar-refractivity contribution in [2.45, 2.75) is 25.8 Å². The van der Waals surface area contributed by atoms with Crippen LogP contribution in [0.25, 0.3) is 0 Å². The van der Waals surface area contributed by atoms with Crippen molar-refractivity contribution in [1.82, 2.24) is 10.3 Å². The molecule has 19 heavy (non-hydrogen) atoms. The Morgan fingerprint density at radius 1 is 1.37 bits per heavy atom. The van der Waals surface area contributed by atoms with Crippen LogP contribution < -0.4 is 5.32 Å². The first-order chi connectivity index (χ1) is 9.29. The maximum Gasteiger partial charge on any atom is 0.0897 e. The highest BCUT2D eigenvalue weighted by molar-refractivity contribution is 7.09. The van der Waals surface area contributed by atoms with Gasteiger partial charge in [0, 0.05) is 24.4 Å². The lowest BCUT2D eigenvalue weighted by Gasteiger charge is -2.15. The summed E-state index contributed by atoms with van der Waals surface area (Å²) in [6, 6.07) is 12.5. The number of aromatic nitrogens is 1. The van der Waals surface area contributed by atoms with E-state index in [9.17, 15) is 0 Å². The van der Waals surface area contributed by atoms with Crippen molar-refractivity contribution >= 4 is 11.3 Å². The first kappa shape index (κ1) is 13.7. The van der Waals surface area contributed by atoms with E-state index in [4.69, 9.17) is 5.26 Å². The van der Waals surface area contributed by atoms with E-state index in [0.29, 0.717) is 6.42 Å². The second-order valence-electron chi connectivity index (χ2n) is 4.39. The third-order valence-electron chi connectivity index (χ3n) is 2.94. The van der Waals surface area contributed by atoms with Gasteiger partial charge in [-0.1, -0.05) is 30.3 Å². The molecule has 0 fully saturated rings. The Kier molecular flexibility index (Phi) is 5.08. The van der Waals surface area contributed by atoms with Gasteiger partial charge in [-0.25, -0.2) is 4.98 Å². The molecule has 0 amide bonds. The summed E-state index contributed by atoms with van der Waals surface area (Å²) in [5, 5.41) is 15.6. The number of thiazole rings is 1. The van der Waals surface area contributed by atoms with Crippen LogP contribution in [0.5, 0.6) is 0 Å². The largest absolute Gasteiger partial charge is 0.309 e. The number of benzene rings is 1. The van der Waals surface area contributed by atoms with Crippen LogP contribution in [0.1, 0.15) is 28.7 Å². The first-order valence-electron chi connectivity index (χ1n) is 6.36. The average Bonchev–Trinajstić information content (AvgIpc) is 2.84. The molecule has 1 heterocycles. The lowest BCUT2D eigenvalue weighted by molar-refractivity contribution is 0.544. The molecule has 1 unspecified atom stereocenters. The number of hydrogen-bond donors (Lipinski definition) is 1. The van der Waals surface area contributed by atoms with Gasteiger partial charge in [0.2, 0.25) is 0 Å². The number of rotatable bonds is 6. The molecule has 2 aromatic rings. The van der Waals surface area contributed by atoms with Gasteiger partial charge in [-0.2, -0.15) is 5.26 Å². The van der Waals surface area contributed by atoms with Crippen LogP contribution in [0.2, 0.25) is 0 Å². The molecule has 2 rings (SSSR count).